The van der Waals surface area contributed by atoms with Crippen LogP contribution < -0.4 is 10.6 Å². The highest BCUT2D eigenvalue weighted by Gasteiger charge is 2.07. The molecule has 0 saturated heterocycles. The summed E-state index contributed by atoms with van der Waals surface area (Å²) in [5, 5.41) is 7.37. The number of pyridine rings is 1. The second-order valence-corrected chi connectivity index (χ2v) is 3.57. The van der Waals surface area contributed by atoms with Crippen LogP contribution >= 0.6 is 0 Å². The third-order valence-electron chi connectivity index (χ3n) is 2.43. The third-order valence-corrected chi connectivity index (χ3v) is 2.43. The maximum absolute atomic E-state index is 7.37. The molecule has 0 aliphatic carbocycles. The summed E-state index contributed by atoms with van der Waals surface area (Å²) in [5.41, 5.74) is 5.93. The number of aromatic nitrogens is 1. The van der Waals surface area contributed by atoms with Crippen molar-refractivity contribution < 1.29 is 4.74 Å². The summed E-state index contributed by atoms with van der Waals surface area (Å²) in [4.78, 5) is 6.44. The van der Waals surface area contributed by atoms with Crippen molar-refractivity contribution in [2.45, 2.75) is 13.8 Å². The maximum atomic E-state index is 7.37. The monoisotopic (exact) mass is 236 g/mol. The van der Waals surface area contributed by atoms with E-state index in [1.54, 1.807) is 6.07 Å². The molecule has 0 radical (unpaired) electrons. The van der Waals surface area contributed by atoms with Gasteiger partial charge in [0.2, 0.25) is 0 Å². The number of likely N-dealkylation sites (N-methyl/N-ethyl adjacent to an activating group) is 1. The van der Waals surface area contributed by atoms with Crippen molar-refractivity contribution in [1.82, 2.24) is 4.98 Å². The second-order valence-electron chi connectivity index (χ2n) is 3.57. The van der Waals surface area contributed by atoms with Crippen LogP contribution in [0, 0.1) is 5.41 Å². The van der Waals surface area contributed by atoms with E-state index >= 15 is 0 Å². The molecule has 3 N–H and O–H groups in total. The summed E-state index contributed by atoms with van der Waals surface area (Å²) >= 11 is 0. The number of ether oxygens (including phenoxy) is 1. The highest BCUT2D eigenvalue weighted by atomic mass is 16.5. The standard InChI is InChI=1S/C12H20N4O/c1-3-16(8-9-17-4-2)11-7-5-6-10(15-11)12(13)14/h5-7H,3-4,8-9H2,1-2H3,(H3,13,14). The normalized spacial score (nSPS) is 10.2. The number of hydrogen-bond acceptors (Lipinski definition) is 4. The first-order chi connectivity index (χ1) is 8.19. The van der Waals surface area contributed by atoms with E-state index in [1.165, 1.54) is 0 Å². The molecule has 0 fully saturated rings. The minimum absolute atomic E-state index is 0.00675. The number of nitrogens with zero attached hydrogens (tertiary/aromatic N) is 2. The van der Waals surface area contributed by atoms with E-state index in [9.17, 15) is 0 Å². The minimum Gasteiger partial charge on any atom is -0.382 e. The maximum Gasteiger partial charge on any atom is 0.141 e. The van der Waals surface area contributed by atoms with E-state index in [1.807, 2.05) is 19.1 Å². The molecule has 0 unspecified atom stereocenters. The van der Waals surface area contributed by atoms with E-state index in [-0.39, 0.29) is 5.84 Å². The number of rotatable bonds is 7. The summed E-state index contributed by atoms with van der Waals surface area (Å²) < 4.78 is 5.33. The predicted octanol–water partition coefficient (Wildman–Crippen LogP) is 1.23. The minimum atomic E-state index is -0.00675. The van der Waals surface area contributed by atoms with Gasteiger partial charge >= 0.3 is 0 Å². The highest BCUT2D eigenvalue weighted by Crippen LogP contribution is 2.10. The Bertz CT molecular complexity index is 367. The fourth-order valence-electron chi connectivity index (χ4n) is 1.50. The van der Waals surface area contributed by atoms with Gasteiger partial charge in [0.15, 0.2) is 0 Å². The molecule has 0 spiro atoms. The lowest BCUT2D eigenvalue weighted by atomic mass is 10.3. The molecule has 5 heteroatoms. The Kier molecular flexibility index (Phi) is 5.42. The van der Waals surface area contributed by atoms with E-state index in [0.717, 1.165) is 25.5 Å². The van der Waals surface area contributed by atoms with Gasteiger partial charge in [-0.3, -0.25) is 5.41 Å². The average molecular weight is 236 g/mol. The van der Waals surface area contributed by atoms with Gasteiger partial charge in [-0.05, 0) is 26.0 Å². The molecule has 0 aliphatic rings. The van der Waals surface area contributed by atoms with E-state index < -0.39 is 0 Å². The fourth-order valence-corrected chi connectivity index (χ4v) is 1.50. The molecule has 0 atom stereocenters. The topological polar surface area (TPSA) is 75.2 Å². The Labute approximate surface area is 102 Å². The van der Waals surface area contributed by atoms with Gasteiger partial charge in [-0.1, -0.05) is 6.07 Å². The van der Waals surface area contributed by atoms with Crippen LogP contribution in [0.4, 0.5) is 5.82 Å². The Morgan fingerprint density at radius 2 is 2.24 bits per heavy atom. The fraction of sp³-hybridized carbons (Fsp3) is 0.500. The van der Waals surface area contributed by atoms with Crippen LogP contribution in [-0.2, 0) is 4.74 Å². The number of anilines is 1. The van der Waals surface area contributed by atoms with Crippen LogP contribution in [-0.4, -0.2) is 37.1 Å². The first kappa shape index (κ1) is 13.4. The summed E-state index contributed by atoms with van der Waals surface area (Å²) in [6, 6.07) is 5.52. The zero-order valence-corrected chi connectivity index (χ0v) is 10.4. The number of nitrogen functional groups attached to an aromatic ring is 1. The Morgan fingerprint density at radius 3 is 2.82 bits per heavy atom. The van der Waals surface area contributed by atoms with Crippen LogP contribution in [0.1, 0.15) is 19.5 Å². The Hall–Kier alpha value is -1.62. The van der Waals surface area contributed by atoms with Gasteiger partial charge in [-0.25, -0.2) is 4.98 Å². The molecule has 0 saturated carbocycles. The lowest BCUT2D eigenvalue weighted by molar-refractivity contribution is 0.154. The molecule has 5 nitrogen and oxygen atoms in total. The first-order valence-corrected chi connectivity index (χ1v) is 5.83. The van der Waals surface area contributed by atoms with E-state index in [4.69, 9.17) is 15.9 Å². The van der Waals surface area contributed by atoms with E-state index in [0.29, 0.717) is 12.3 Å². The smallest absolute Gasteiger partial charge is 0.141 e. The average Bonchev–Trinajstić information content (AvgIpc) is 2.35. The molecule has 0 bridgehead atoms. The van der Waals surface area contributed by atoms with Gasteiger partial charge in [0.25, 0.3) is 0 Å². The molecule has 1 rings (SSSR count). The van der Waals surface area contributed by atoms with Crippen molar-refractivity contribution in [2.24, 2.45) is 5.73 Å². The molecular formula is C12H20N4O. The second kappa shape index (κ2) is 6.85. The largest absolute Gasteiger partial charge is 0.382 e. The third kappa shape index (κ3) is 4.03. The molecule has 1 aromatic heterocycles. The molecule has 0 aliphatic heterocycles. The molecule has 17 heavy (non-hydrogen) atoms. The molecule has 94 valence electrons. The molecule has 1 aromatic rings. The van der Waals surface area contributed by atoms with Gasteiger partial charge in [0.1, 0.15) is 17.3 Å². The van der Waals surface area contributed by atoms with Crippen molar-refractivity contribution in [2.75, 3.05) is 31.2 Å². The Balaban J connectivity index is 2.73. The van der Waals surface area contributed by atoms with Crippen molar-refractivity contribution in [1.29, 1.82) is 5.41 Å². The molecular weight excluding hydrogens is 216 g/mol. The van der Waals surface area contributed by atoms with Crippen molar-refractivity contribution >= 4 is 11.7 Å². The number of nitrogens with one attached hydrogen (secondary N) is 1. The quantitative estimate of drug-likeness (QED) is 0.424. The van der Waals surface area contributed by atoms with Crippen LogP contribution in [0.5, 0.6) is 0 Å². The Morgan fingerprint density at radius 1 is 1.47 bits per heavy atom. The zero-order chi connectivity index (χ0) is 12.7. The van der Waals surface area contributed by atoms with Gasteiger partial charge in [0.05, 0.1) is 6.61 Å². The highest BCUT2D eigenvalue weighted by molar-refractivity contribution is 5.93. The number of hydrogen-bond donors (Lipinski definition) is 2. The predicted molar refractivity (Wildman–Crippen MR) is 69.6 cm³/mol. The molecule has 0 amide bonds. The van der Waals surface area contributed by atoms with Gasteiger partial charge in [-0.15, -0.1) is 0 Å². The van der Waals surface area contributed by atoms with Crippen molar-refractivity contribution in [3.05, 3.63) is 23.9 Å². The first-order valence-electron chi connectivity index (χ1n) is 5.83. The van der Waals surface area contributed by atoms with E-state index in [2.05, 4.69) is 16.8 Å². The van der Waals surface area contributed by atoms with Crippen molar-refractivity contribution in [3.63, 3.8) is 0 Å². The number of amidine groups is 1. The van der Waals surface area contributed by atoms with Gasteiger partial charge < -0.3 is 15.4 Å². The summed E-state index contributed by atoms with van der Waals surface area (Å²) in [7, 11) is 0. The lowest BCUT2D eigenvalue weighted by Gasteiger charge is -2.22. The SMILES string of the molecule is CCOCCN(CC)c1cccc(C(=N)N)n1. The van der Waals surface area contributed by atoms with Gasteiger partial charge in [0, 0.05) is 19.7 Å². The lowest BCUT2D eigenvalue weighted by Crippen LogP contribution is -2.28. The van der Waals surface area contributed by atoms with Crippen LogP contribution in [0.15, 0.2) is 18.2 Å². The summed E-state index contributed by atoms with van der Waals surface area (Å²) in [5.74, 6) is 0.826. The van der Waals surface area contributed by atoms with Gasteiger partial charge in [-0.2, -0.15) is 0 Å². The zero-order valence-electron chi connectivity index (χ0n) is 10.4. The van der Waals surface area contributed by atoms with Crippen molar-refractivity contribution in [3.8, 4) is 0 Å². The summed E-state index contributed by atoms with van der Waals surface area (Å²) in [6.07, 6.45) is 0. The molecule has 0 aromatic carbocycles. The van der Waals surface area contributed by atoms with Crippen LogP contribution in [0.3, 0.4) is 0 Å². The van der Waals surface area contributed by atoms with Crippen LogP contribution in [0.2, 0.25) is 0 Å². The van der Waals surface area contributed by atoms with Crippen LogP contribution in [0.25, 0.3) is 0 Å². The summed E-state index contributed by atoms with van der Waals surface area (Å²) in [6.45, 7) is 7.08. The number of nitrogens with two attached hydrogens (primary N) is 1. The molecule has 1 heterocycles.